The van der Waals surface area contributed by atoms with E-state index in [2.05, 4.69) is 11.0 Å². The summed E-state index contributed by atoms with van der Waals surface area (Å²) in [6, 6.07) is 23.2. The van der Waals surface area contributed by atoms with E-state index in [0.717, 1.165) is 45.5 Å². The van der Waals surface area contributed by atoms with Crippen molar-refractivity contribution in [1.29, 1.82) is 0 Å². The van der Waals surface area contributed by atoms with Crippen LogP contribution in [-0.2, 0) is 32.2 Å². The van der Waals surface area contributed by atoms with Gasteiger partial charge in [0.2, 0.25) is 0 Å². The fourth-order valence-corrected chi connectivity index (χ4v) is 6.17. The van der Waals surface area contributed by atoms with Gasteiger partial charge >= 0.3 is 11.9 Å². The summed E-state index contributed by atoms with van der Waals surface area (Å²) < 4.78 is 17.6. The number of thiophene rings is 1. The minimum Gasteiger partial charge on any atom is -0.466 e. The van der Waals surface area contributed by atoms with Gasteiger partial charge in [0.25, 0.3) is 0 Å². The number of rotatable bonds is 15. The van der Waals surface area contributed by atoms with E-state index in [4.69, 9.17) is 37.4 Å². The Bertz CT molecular complexity index is 1470. The molecule has 0 saturated heterocycles. The molecule has 3 aromatic carbocycles. The molecule has 0 N–H and O–H groups in total. The summed E-state index contributed by atoms with van der Waals surface area (Å²) in [4.78, 5) is 27.2. The zero-order chi connectivity index (χ0) is 29.9. The molecule has 42 heavy (non-hydrogen) atoms. The van der Waals surface area contributed by atoms with E-state index in [9.17, 15) is 9.59 Å². The van der Waals surface area contributed by atoms with Gasteiger partial charge in [0.1, 0.15) is 0 Å². The van der Waals surface area contributed by atoms with Crippen LogP contribution in [0.25, 0.3) is 10.1 Å². The molecule has 4 rings (SSSR count). The summed E-state index contributed by atoms with van der Waals surface area (Å²) in [7, 11) is 1.37. The molecule has 0 fully saturated rings. The van der Waals surface area contributed by atoms with Gasteiger partial charge < -0.3 is 14.2 Å². The number of unbranched alkanes of at least 4 members (excludes halogenated alkanes) is 1. The van der Waals surface area contributed by atoms with Gasteiger partial charge in [0.05, 0.1) is 32.0 Å². The van der Waals surface area contributed by atoms with Crippen molar-refractivity contribution in [3.63, 3.8) is 0 Å². The monoisotopic (exact) mass is 627 g/mol. The van der Waals surface area contributed by atoms with Crippen LogP contribution in [0.3, 0.4) is 0 Å². The number of halogens is 2. The Kier molecular flexibility index (Phi) is 12.2. The molecule has 0 radical (unpaired) electrons. The second-order valence-electron chi connectivity index (χ2n) is 9.94. The lowest BCUT2D eigenvalue weighted by Gasteiger charge is -2.28. The molecule has 222 valence electrons. The molecular weight excluding hydrogens is 593 g/mol. The lowest BCUT2D eigenvalue weighted by molar-refractivity contribution is -0.143. The van der Waals surface area contributed by atoms with Crippen LogP contribution in [0.5, 0.6) is 0 Å². The minimum absolute atomic E-state index is 0.174. The zero-order valence-electron chi connectivity index (χ0n) is 23.8. The third-order valence-electron chi connectivity index (χ3n) is 6.80. The van der Waals surface area contributed by atoms with Crippen LogP contribution in [0.4, 0.5) is 0 Å². The van der Waals surface area contributed by atoms with E-state index in [-0.39, 0.29) is 18.0 Å². The van der Waals surface area contributed by atoms with Gasteiger partial charge in [-0.25, -0.2) is 4.79 Å². The Morgan fingerprint density at radius 1 is 0.952 bits per heavy atom. The first-order valence-corrected chi connectivity index (χ1v) is 15.5. The van der Waals surface area contributed by atoms with E-state index < -0.39 is 0 Å². The standard InChI is InChI=1S/C33H35Cl2NO5S/c1-3-40-32(37)9-4-5-16-36(20-23-10-12-24(13-11-23)33(38)39-2)21-30(25-7-6-8-27(34)17-25)41-22-29-18-26-14-15-28(35)19-31(26)42-29/h6-8,10-15,17-19,30H,3-5,9,16,20-22H2,1-2H3/t30-/m0/s1. The van der Waals surface area contributed by atoms with Crippen LogP contribution in [-0.4, -0.2) is 43.6 Å². The van der Waals surface area contributed by atoms with E-state index in [1.165, 1.54) is 7.11 Å². The normalized spacial score (nSPS) is 12.0. The van der Waals surface area contributed by atoms with Crippen LogP contribution < -0.4 is 0 Å². The largest absolute Gasteiger partial charge is 0.466 e. The maximum Gasteiger partial charge on any atom is 0.337 e. The number of carbonyl (C=O) groups excluding carboxylic acids is 2. The Morgan fingerprint density at radius 2 is 1.74 bits per heavy atom. The second-order valence-corrected chi connectivity index (χ2v) is 12.0. The minimum atomic E-state index is -0.365. The molecular formula is C33H35Cl2NO5S. The van der Waals surface area contributed by atoms with Gasteiger partial charge in [-0.1, -0.05) is 53.5 Å². The van der Waals surface area contributed by atoms with Gasteiger partial charge in [0.15, 0.2) is 0 Å². The van der Waals surface area contributed by atoms with Gasteiger partial charge in [-0.3, -0.25) is 9.69 Å². The number of benzene rings is 3. The molecule has 1 atom stereocenters. The molecule has 0 saturated carbocycles. The lowest BCUT2D eigenvalue weighted by atomic mass is 10.1. The number of nitrogens with zero attached hydrogens (tertiary/aromatic N) is 1. The summed E-state index contributed by atoms with van der Waals surface area (Å²) in [5, 5.41) is 2.50. The van der Waals surface area contributed by atoms with Gasteiger partial charge in [-0.15, -0.1) is 11.3 Å². The molecule has 0 aliphatic heterocycles. The quantitative estimate of drug-likeness (QED) is 0.0972. The Morgan fingerprint density at radius 3 is 2.48 bits per heavy atom. The van der Waals surface area contributed by atoms with Crippen LogP contribution in [0.1, 0.15) is 58.7 Å². The van der Waals surface area contributed by atoms with Crippen molar-refractivity contribution in [1.82, 2.24) is 4.90 Å². The van der Waals surface area contributed by atoms with Crippen LogP contribution in [0.2, 0.25) is 10.0 Å². The highest BCUT2D eigenvalue weighted by Crippen LogP contribution is 2.31. The van der Waals surface area contributed by atoms with Crippen molar-refractivity contribution in [3.05, 3.63) is 104 Å². The first kappa shape index (κ1) is 32.0. The average molecular weight is 629 g/mol. The lowest BCUT2D eigenvalue weighted by Crippen LogP contribution is -2.30. The van der Waals surface area contributed by atoms with Gasteiger partial charge in [0, 0.05) is 39.1 Å². The van der Waals surface area contributed by atoms with Crippen molar-refractivity contribution in [2.45, 2.75) is 45.4 Å². The average Bonchev–Trinajstić information content (AvgIpc) is 3.39. The number of fused-ring (bicyclic) bond motifs is 1. The van der Waals surface area contributed by atoms with Crippen molar-refractivity contribution < 1.29 is 23.8 Å². The predicted octanol–water partition coefficient (Wildman–Crippen LogP) is 8.49. The fraction of sp³-hybridized carbons (Fsp3) is 0.333. The summed E-state index contributed by atoms with van der Waals surface area (Å²) in [6.07, 6.45) is 1.68. The Hall–Kier alpha value is -2.94. The molecule has 0 amide bonds. The van der Waals surface area contributed by atoms with Crippen LogP contribution >= 0.6 is 34.5 Å². The zero-order valence-corrected chi connectivity index (χ0v) is 26.1. The molecule has 4 aromatic rings. The number of ether oxygens (including phenoxy) is 3. The van der Waals surface area contributed by atoms with Crippen molar-refractivity contribution in [2.24, 2.45) is 0 Å². The number of hydrogen-bond acceptors (Lipinski definition) is 7. The second kappa shape index (κ2) is 16.1. The summed E-state index contributed by atoms with van der Waals surface area (Å²) in [6.45, 7) is 4.64. The summed E-state index contributed by atoms with van der Waals surface area (Å²) >= 11 is 14.3. The van der Waals surface area contributed by atoms with Crippen molar-refractivity contribution >= 4 is 56.6 Å². The number of methoxy groups -OCH3 is 1. The predicted molar refractivity (Wildman–Crippen MR) is 169 cm³/mol. The molecule has 0 aliphatic rings. The Balaban J connectivity index is 1.51. The van der Waals surface area contributed by atoms with E-state index in [1.54, 1.807) is 23.5 Å². The third-order valence-corrected chi connectivity index (χ3v) is 8.34. The smallest absolute Gasteiger partial charge is 0.337 e. The first-order valence-electron chi connectivity index (χ1n) is 13.9. The number of esters is 2. The number of hydrogen-bond donors (Lipinski definition) is 0. The molecule has 9 heteroatoms. The molecule has 0 bridgehead atoms. The highest BCUT2D eigenvalue weighted by molar-refractivity contribution is 7.19. The third kappa shape index (κ3) is 9.54. The van der Waals surface area contributed by atoms with Crippen molar-refractivity contribution in [3.8, 4) is 0 Å². The van der Waals surface area contributed by atoms with Gasteiger partial charge in [-0.2, -0.15) is 0 Å². The van der Waals surface area contributed by atoms with E-state index in [0.29, 0.717) is 48.3 Å². The molecule has 0 unspecified atom stereocenters. The SMILES string of the molecule is CCOC(=O)CCCCN(Cc1ccc(C(=O)OC)cc1)C[C@H](OCc1cc2ccc(Cl)cc2s1)c1cccc(Cl)c1. The number of carbonyl (C=O) groups is 2. The van der Waals surface area contributed by atoms with Gasteiger partial charge in [-0.05, 0) is 85.3 Å². The maximum atomic E-state index is 11.9. The van der Waals surface area contributed by atoms with Crippen LogP contribution in [0.15, 0.2) is 72.8 Å². The highest BCUT2D eigenvalue weighted by Gasteiger charge is 2.19. The summed E-state index contributed by atoms with van der Waals surface area (Å²) in [5.74, 6) is -0.539. The topological polar surface area (TPSA) is 65.1 Å². The maximum absolute atomic E-state index is 11.9. The van der Waals surface area contributed by atoms with Crippen molar-refractivity contribution in [2.75, 3.05) is 26.8 Å². The summed E-state index contributed by atoms with van der Waals surface area (Å²) in [5.41, 5.74) is 2.55. The van der Waals surface area contributed by atoms with E-state index >= 15 is 0 Å². The van der Waals surface area contributed by atoms with E-state index in [1.807, 2.05) is 61.5 Å². The molecule has 1 heterocycles. The first-order chi connectivity index (χ1) is 20.3. The highest BCUT2D eigenvalue weighted by atomic mass is 35.5. The van der Waals surface area contributed by atoms with Crippen LogP contribution in [0, 0.1) is 0 Å². The molecule has 0 spiro atoms. The Labute approximate surface area is 261 Å². The fourth-order valence-electron chi connectivity index (χ4n) is 4.70. The molecule has 6 nitrogen and oxygen atoms in total. The molecule has 1 aromatic heterocycles. The molecule has 0 aliphatic carbocycles.